The smallest absolute Gasteiger partial charge is 0.259 e. The molecule has 4 rings (SSSR count). The number of phenolic OH excluding ortho intramolecular Hbond substituents is 1. The van der Waals surface area contributed by atoms with Crippen molar-refractivity contribution in [3.05, 3.63) is 82.9 Å². The van der Waals surface area contributed by atoms with E-state index in [0.29, 0.717) is 50.5 Å². The molecule has 2 N–H and O–H groups in total. The number of hydrogen-bond donors (Lipinski definition) is 2. The van der Waals surface area contributed by atoms with Crippen LogP contribution in [0.1, 0.15) is 20.7 Å². The summed E-state index contributed by atoms with van der Waals surface area (Å²) in [7, 11) is 2.94. The Morgan fingerprint density at radius 2 is 1.71 bits per heavy atom. The quantitative estimate of drug-likeness (QED) is 0.222. The predicted octanol–water partition coefficient (Wildman–Crippen LogP) is 6.70. The van der Waals surface area contributed by atoms with Crippen LogP contribution in [0.25, 0.3) is 10.8 Å². The van der Waals surface area contributed by atoms with Crippen molar-refractivity contribution in [3.63, 3.8) is 0 Å². The van der Waals surface area contributed by atoms with Gasteiger partial charge in [0.05, 0.1) is 25.5 Å². The summed E-state index contributed by atoms with van der Waals surface area (Å²) >= 11 is 6.07. The van der Waals surface area contributed by atoms with Crippen molar-refractivity contribution < 1.29 is 24.2 Å². The Morgan fingerprint density at radius 3 is 2.46 bits per heavy atom. The molecule has 0 aliphatic rings. The van der Waals surface area contributed by atoms with E-state index in [9.17, 15) is 14.7 Å². The van der Waals surface area contributed by atoms with Gasteiger partial charge in [0.25, 0.3) is 5.91 Å². The van der Waals surface area contributed by atoms with Gasteiger partial charge in [-0.2, -0.15) is 0 Å². The monoisotopic (exact) mass is 489 g/mol. The lowest BCUT2D eigenvalue weighted by Gasteiger charge is -2.13. The number of azo groups is 1. The van der Waals surface area contributed by atoms with Crippen molar-refractivity contribution in [1.29, 1.82) is 0 Å². The highest BCUT2D eigenvalue weighted by atomic mass is 35.5. The molecular weight excluding hydrogens is 470 g/mol. The van der Waals surface area contributed by atoms with Crippen LogP contribution in [0, 0.1) is 0 Å². The molecule has 0 saturated carbocycles. The summed E-state index contributed by atoms with van der Waals surface area (Å²) in [6.07, 6.45) is 0.681. The molecule has 0 spiro atoms. The molecule has 0 fully saturated rings. The van der Waals surface area contributed by atoms with Crippen LogP contribution < -0.4 is 14.8 Å². The van der Waals surface area contributed by atoms with Crippen LogP contribution >= 0.6 is 11.6 Å². The number of phenols is 1. The molecule has 0 unspecified atom stereocenters. The summed E-state index contributed by atoms with van der Waals surface area (Å²) in [5, 5.41) is 23.9. The number of benzene rings is 4. The third kappa shape index (κ3) is 4.92. The van der Waals surface area contributed by atoms with E-state index in [2.05, 4.69) is 15.5 Å². The Morgan fingerprint density at radius 1 is 0.971 bits per heavy atom. The minimum absolute atomic E-state index is 0.0201. The van der Waals surface area contributed by atoms with Gasteiger partial charge in [0, 0.05) is 16.0 Å². The molecule has 176 valence electrons. The molecule has 8 nitrogen and oxygen atoms in total. The van der Waals surface area contributed by atoms with Gasteiger partial charge >= 0.3 is 0 Å². The normalized spacial score (nSPS) is 10.9. The number of hydrogen-bond acceptors (Lipinski definition) is 7. The lowest BCUT2D eigenvalue weighted by Crippen LogP contribution is -2.13. The molecule has 0 aliphatic heterocycles. The van der Waals surface area contributed by atoms with Gasteiger partial charge in [-0.05, 0) is 47.9 Å². The highest BCUT2D eigenvalue weighted by molar-refractivity contribution is 6.31. The van der Waals surface area contributed by atoms with E-state index < -0.39 is 5.91 Å². The minimum Gasteiger partial charge on any atom is -0.505 e. The van der Waals surface area contributed by atoms with Crippen molar-refractivity contribution in [2.24, 2.45) is 10.2 Å². The van der Waals surface area contributed by atoms with E-state index in [0.717, 1.165) is 0 Å². The second-order valence-corrected chi connectivity index (χ2v) is 7.83. The maximum Gasteiger partial charge on any atom is 0.259 e. The number of nitrogens with one attached hydrogen (secondary N) is 1. The lowest BCUT2D eigenvalue weighted by molar-refractivity contribution is 0.102. The molecule has 0 aliphatic carbocycles. The maximum absolute atomic E-state index is 13.2. The Kier molecular flexibility index (Phi) is 6.93. The van der Waals surface area contributed by atoms with Gasteiger partial charge in [0.2, 0.25) is 0 Å². The third-order valence-electron chi connectivity index (χ3n) is 5.25. The summed E-state index contributed by atoms with van der Waals surface area (Å²) < 4.78 is 10.6. The second kappa shape index (κ2) is 10.2. The number of ether oxygens (including phenoxy) is 2. The number of methoxy groups -OCH3 is 2. The van der Waals surface area contributed by atoms with Crippen LogP contribution in [0.5, 0.6) is 17.2 Å². The van der Waals surface area contributed by atoms with E-state index in [1.807, 2.05) is 0 Å². The molecule has 0 atom stereocenters. The highest BCUT2D eigenvalue weighted by Crippen LogP contribution is 2.41. The van der Waals surface area contributed by atoms with E-state index in [1.54, 1.807) is 60.7 Å². The first kappa shape index (κ1) is 23.7. The number of carbonyl (C=O) groups is 2. The average molecular weight is 490 g/mol. The largest absolute Gasteiger partial charge is 0.505 e. The van der Waals surface area contributed by atoms with E-state index in [-0.39, 0.29) is 17.0 Å². The standard InChI is InChI=1S/C26H20ClN3O5/c1-34-22-10-8-17(27)13-20(22)28-26(33)19-12-16-5-3-4-6-18(16)24(25(19)32)30-29-21-11-15(14-31)7-9-23(21)35-2/h3-14,32H,1-2H3,(H,28,33)/b30-29+. The number of anilines is 1. The first-order chi connectivity index (χ1) is 16.9. The predicted molar refractivity (Wildman–Crippen MR) is 134 cm³/mol. The van der Waals surface area contributed by atoms with Crippen molar-refractivity contribution in [2.75, 3.05) is 19.5 Å². The number of fused-ring (bicyclic) bond motifs is 1. The SMILES string of the molecule is COc1ccc(C=O)cc1/N=N/c1c(O)c(C(=O)Nc2cc(Cl)ccc2OC)cc2ccccc12. The third-order valence-corrected chi connectivity index (χ3v) is 5.48. The maximum atomic E-state index is 13.2. The lowest BCUT2D eigenvalue weighted by atomic mass is 10.0. The zero-order chi connectivity index (χ0) is 24.9. The van der Waals surface area contributed by atoms with Crippen molar-refractivity contribution >= 4 is 51.6 Å². The minimum atomic E-state index is -0.592. The van der Waals surface area contributed by atoms with Crippen LogP contribution in [0.2, 0.25) is 5.02 Å². The van der Waals surface area contributed by atoms with E-state index in [4.69, 9.17) is 21.1 Å². The van der Waals surface area contributed by atoms with Crippen LogP contribution in [-0.2, 0) is 0 Å². The van der Waals surface area contributed by atoms with Crippen LogP contribution in [0.3, 0.4) is 0 Å². The van der Waals surface area contributed by atoms with Crippen LogP contribution in [0.15, 0.2) is 77.0 Å². The first-order valence-electron chi connectivity index (χ1n) is 10.4. The van der Waals surface area contributed by atoms with Gasteiger partial charge in [-0.1, -0.05) is 35.9 Å². The van der Waals surface area contributed by atoms with Gasteiger partial charge in [-0.25, -0.2) is 0 Å². The highest BCUT2D eigenvalue weighted by Gasteiger charge is 2.20. The summed E-state index contributed by atoms with van der Waals surface area (Å²) in [4.78, 5) is 24.4. The number of aromatic hydroxyl groups is 1. The van der Waals surface area contributed by atoms with Gasteiger partial charge in [0.15, 0.2) is 5.75 Å². The zero-order valence-corrected chi connectivity index (χ0v) is 19.5. The number of halogens is 1. The fourth-order valence-electron chi connectivity index (χ4n) is 3.52. The van der Waals surface area contributed by atoms with E-state index >= 15 is 0 Å². The Balaban J connectivity index is 1.81. The van der Waals surface area contributed by atoms with Crippen molar-refractivity contribution in [2.45, 2.75) is 0 Å². The van der Waals surface area contributed by atoms with Gasteiger partial charge in [-0.3, -0.25) is 9.59 Å². The number of carbonyl (C=O) groups excluding carboxylic acids is 2. The molecule has 4 aromatic carbocycles. The molecular formula is C26H20ClN3O5. The fourth-order valence-corrected chi connectivity index (χ4v) is 3.69. The fraction of sp³-hybridized carbons (Fsp3) is 0.0769. The second-order valence-electron chi connectivity index (χ2n) is 7.39. The summed E-state index contributed by atoms with van der Waals surface area (Å²) in [5.41, 5.74) is 1.09. The molecule has 0 aromatic heterocycles. The molecule has 9 heteroatoms. The molecule has 0 bridgehead atoms. The molecule has 0 saturated heterocycles. The Labute approximate surface area is 205 Å². The Hall–Kier alpha value is -4.43. The molecule has 35 heavy (non-hydrogen) atoms. The summed E-state index contributed by atoms with van der Waals surface area (Å²) in [5.74, 6) is -0.155. The van der Waals surface area contributed by atoms with Gasteiger partial charge in [0.1, 0.15) is 29.2 Å². The topological polar surface area (TPSA) is 110 Å². The number of aldehydes is 1. The van der Waals surface area contributed by atoms with Crippen LogP contribution in [0.4, 0.5) is 17.1 Å². The van der Waals surface area contributed by atoms with E-state index in [1.165, 1.54) is 20.3 Å². The average Bonchev–Trinajstić information content (AvgIpc) is 2.87. The van der Waals surface area contributed by atoms with Gasteiger partial charge in [-0.15, -0.1) is 10.2 Å². The molecule has 0 heterocycles. The Bertz CT molecular complexity index is 1470. The molecule has 0 radical (unpaired) electrons. The number of nitrogens with zero attached hydrogens (tertiary/aromatic N) is 2. The first-order valence-corrected chi connectivity index (χ1v) is 10.8. The molecule has 4 aromatic rings. The number of amides is 1. The summed E-state index contributed by atoms with van der Waals surface area (Å²) in [6, 6.07) is 18.2. The van der Waals surface area contributed by atoms with Crippen LogP contribution in [-0.4, -0.2) is 31.5 Å². The molecule has 1 amide bonds. The van der Waals surface area contributed by atoms with Crippen molar-refractivity contribution in [1.82, 2.24) is 0 Å². The van der Waals surface area contributed by atoms with Crippen molar-refractivity contribution in [3.8, 4) is 17.2 Å². The zero-order valence-electron chi connectivity index (χ0n) is 18.8. The number of rotatable bonds is 7. The van der Waals surface area contributed by atoms with Gasteiger partial charge < -0.3 is 19.9 Å². The summed E-state index contributed by atoms with van der Waals surface area (Å²) in [6.45, 7) is 0.